The van der Waals surface area contributed by atoms with E-state index in [0.717, 1.165) is 30.3 Å². The SMILES string of the molecule is [2H]C([2H])([2H])N1CC(C(=O)N[C@@H]2CC[C@@]3(S(=O)(=O)c4ccc(F)cc4)c4ccc(C(F)(C(F)(F)F)C(F)(F)F)cc4CC[C@@H]23)CC1=O. The highest BCUT2D eigenvalue weighted by atomic mass is 32.2. The lowest BCUT2D eigenvalue weighted by molar-refractivity contribution is -0.348. The summed E-state index contributed by atoms with van der Waals surface area (Å²) in [4.78, 5) is 25.6. The van der Waals surface area contributed by atoms with Gasteiger partial charge in [0.1, 0.15) is 10.6 Å². The van der Waals surface area contributed by atoms with Crippen LogP contribution < -0.4 is 5.32 Å². The Labute approximate surface area is 245 Å². The van der Waals surface area contributed by atoms with Crippen molar-refractivity contribution >= 4 is 21.7 Å². The smallest absolute Gasteiger partial charge is 0.353 e. The van der Waals surface area contributed by atoms with E-state index in [1.165, 1.54) is 0 Å². The molecule has 1 unspecified atom stereocenters. The number of benzene rings is 2. The number of amides is 2. The largest absolute Gasteiger partial charge is 0.435 e. The number of rotatable bonds is 5. The number of carbonyl (C=O) groups is 2. The molecule has 3 aliphatic rings. The zero-order chi connectivity index (χ0) is 34.3. The molecule has 0 aromatic heterocycles. The van der Waals surface area contributed by atoms with E-state index in [0.29, 0.717) is 11.0 Å². The van der Waals surface area contributed by atoms with Crippen LogP contribution in [-0.4, -0.2) is 57.0 Å². The van der Waals surface area contributed by atoms with Crippen molar-refractivity contribution in [3.63, 3.8) is 0 Å². The van der Waals surface area contributed by atoms with Gasteiger partial charge in [0.25, 0.3) is 0 Å². The first-order valence-electron chi connectivity index (χ1n) is 14.6. The maximum Gasteiger partial charge on any atom is 0.435 e. The van der Waals surface area contributed by atoms with Crippen molar-refractivity contribution in [1.29, 1.82) is 0 Å². The van der Waals surface area contributed by atoms with Gasteiger partial charge in [0.15, 0.2) is 9.84 Å². The number of hydrogen-bond donors (Lipinski definition) is 1. The molecule has 1 saturated heterocycles. The number of carbonyl (C=O) groups excluding carboxylic acids is 2. The molecule has 2 fully saturated rings. The topological polar surface area (TPSA) is 83.6 Å². The minimum atomic E-state index is -6.39. The highest BCUT2D eigenvalue weighted by molar-refractivity contribution is 7.92. The highest BCUT2D eigenvalue weighted by Crippen LogP contribution is 2.59. The number of fused-ring (bicyclic) bond motifs is 3. The van der Waals surface area contributed by atoms with E-state index in [9.17, 15) is 53.1 Å². The summed E-state index contributed by atoms with van der Waals surface area (Å²) in [6.07, 6.45) is -14.0. The van der Waals surface area contributed by atoms with Crippen LogP contribution in [0.1, 0.15) is 46.5 Å². The maximum atomic E-state index is 15.0. The lowest BCUT2D eigenvalue weighted by Crippen LogP contribution is -2.51. The summed E-state index contributed by atoms with van der Waals surface area (Å²) in [5, 5.41) is 2.69. The zero-order valence-electron chi connectivity index (χ0n) is 25.0. The normalized spacial score (nSPS) is 27.6. The molecule has 4 atom stereocenters. The van der Waals surface area contributed by atoms with Crippen LogP contribution in [0, 0.1) is 17.7 Å². The third kappa shape index (κ3) is 4.69. The van der Waals surface area contributed by atoms with E-state index in [-0.39, 0.29) is 42.9 Å². The van der Waals surface area contributed by atoms with Crippen LogP contribution in [0.4, 0.5) is 35.1 Å². The van der Waals surface area contributed by atoms with Gasteiger partial charge in [-0.15, -0.1) is 0 Å². The summed E-state index contributed by atoms with van der Waals surface area (Å²) in [6, 6.07) is 4.05. The molecule has 2 amide bonds. The monoisotopic (exact) mass is 641 g/mol. The van der Waals surface area contributed by atoms with Crippen LogP contribution >= 0.6 is 0 Å². The fourth-order valence-electron chi connectivity index (χ4n) is 6.74. The Morgan fingerprint density at radius 2 is 1.67 bits per heavy atom. The first-order valence-corrected chi connectivity index (χ1v) is 14.6. The van der Waals surface area contributed by atoms with Crippen LogP contribution in [0.3, 0.4) is 0 Å². The van der Waals surface area contributed by atoms with Crippen LogP contribution in [0.2, 0.25) is 0 Å². The van der Waals surface area contributed by atoms with Gasteiger partial charge in [-0.1, -0.05) is 18.2 Å². The second kappa shape index (κ2) is 10.2. The van der Waals surface area contributed by atoms with Gasteiger partial charge in [-0.05, 0) is 61.1 Å². The minimum absolute atomic E-state index is 0.0418. The molecule has 6 nitrogen and oxygen atoms in total. The van der Waals surface area contributed by atoms with Crippen LogP contribution in [0.15, 0.2) is 47.4 Å². The predicted molar refractivity (Wildman–Crippen MR) is 135 cm³/mol. The lowest BCUT2D eigenvalue weighted by atomic mass is 9.74. The number of alkyl halides is 7. The molecule has 0 bridgehead atoms. The van der Waals surface area contributed by atoms with Crippen LogP contribution in [0.5, 0.6) is 0 Å². The predicted octanol–water partition coefficient (Wildman–Crippen LogP) is 5.10. The Morgan fingerprint density at radius 1 is 1.02 bits per heavy atom. The van der Waals surface area contributed by atoms with E-state index in [2.05, 4.69) is 5.32 Å². The Kier molecular flexibility index (Phi) is 6.46. The molecule has 234 valence electrons. The molecule has 43 heavy (non-hydrogen) atoms. The van der Waals surface area contributed by atoms with Crippen molar-refractivity contribution in [1.82, 2.24) is 10.2 Å². The number of likely N-dealkylation sites (tertiary alicyclic amines) is 1. The summed E-state index contributed by atoms with van der Waals surface area (Å²) in [5.74, 6) is -4.41. The second-order valence-corrected chi connectivity index (χ2v) is 13.3. The molecule has 2 aliphatic carbocycles. The Bertz CT molecular complexity index is 1650. The maximum absolute atomic E-state index is 15.0. The van der Waals surface area contributed by atoms with E-state index in [1.54, 1.807) is 0 Å². The van der Waals surface area contributed by atoms with E-state index < -0.39 is 98.5 Å². The van der Waals surface area contributed by atoms with Gasteiger partial charge in [-0.25, -0.2) is 17.2 Å². The van der Waals surface area contributed by atoms with Gasteiger partial charge >= 0.3 is 18.0 Å². The van der Waals surface area contributed by atoms with Gasteiger partial charge in [0.2, 0.25) is 11.8 Å². The number of aryl methyl sites for hydroxylation is 1. The van der Waals surface area contributed by atoms with Gasteiger partial charge < -0.3 is 10.2 Å². The van der Waals surface area contributed by atoms with E-state index in [4.69, 9.17) is 4.11 Å². The number of halogens is 8. The highest BCUT2D eigenvalue weighted by Gasteiger charge is 2.73. The van der Waals surface area contributed by atoms with Gasteiger partial charge in [0, 0.05) is 41.6 Å². The number of sulfone groups is 1. The van der Waals surface area contributed by atoms with Gasteiger partial charge in [-0.3, -0.25) is 9.59 Å². The first kappa shape index (κ1) is 27.3. The third-order valence-corrected chi connectivity index (χ3v) is 11.4. The van der Waals surface area contributed by atoms with Crippen LogP contribution in [-0.2, 0) is 36.3 Å². The molecule has 1 aliphatic heterocycles. The molecule has 1 saturated carbocycles. The molecule has 0 radical (unpaired) electrons. The van der Waals surface area contributed by atoms with Gasteiger partial charge in [0.05, 0.1) is 10.8 Å². The summed E-state index contributed by atoms with van der Waals surface area (Å²) in [7, 11) is -4.61. The lowest BCUT2D eigenvalue weighted by Gasteiger charge is -2.43. The van der Waals surface area contributed by atoms with Gasteiger partial charge in [-0.2, -0.15) is 26.3 Å². The third-order valence-electron chi connectivity index (χ3n) is 8.80. The number of nitrogens with one attached hydrogen (secondary N) is 1. The van der Waals surface area contributed by atoms with Crippen LogP contribution in [0.25, 0.3) is 0 Å². The zero-order valence-corrected chi connectivity index (χ0v) is 22.8. The summed E-state index contributed by atoms with van der Waals surface area (Å²) in [5.41, 5.74) is -7.96. The minimum Gasteiger partial charge on any atom is -0.353 e. The average Bonchev–Trinajstić information content (AvgIpc) is 3.53. The van der Waals surface area contributed by atoms with Crippen molar-refractivity contribution in [3.05, 3.63) is 65.0 Å². The van der Waals surface area contributed by atoms with Crippen molar-refractivity contribution in [2.24, 2.45) is 11.8 Å². The molecular weight excluding hydrogens is 612 g/mol. The Hall–Kier alpha value is -3.23. The molecule has 1 N–H and O–H groups in total. The molecule has 2 aromatic carbocycles. The fraction of sp³-hybridized carbons (Fsp3) is 0.500. The van der Waals surface area contributed by atoms with Crippen molar-refractivity contribution in [3.8, 4) is 0 Å². The number of nitrogens with zero attached hydrogens (tertiary/aromatic N) is 1. The van der Waals surface area contributed by atoms with E-state index in [1.807, 2.05) is 0 Å². The molecule has 1 heterocycles. The quantitative estimate of drug-likeness (QED) is 0.364. The molecule has 5 rings (SSSR count). The second-order valence-electron chi connectivity index (χ2n) is 11.1. The van der Waals surface area contributed by atoms with Crippen molar-refractivity contribution < 1.29 is 57.2 Å². The average molecular weight is 642 g/mol. The summed E-state index contributed by atoms with van der Waals surface area (Å²) >= 11 is 0. The Morgan fingerprint density at radius 3 is 2.26 bits per heavy atom. The summed E-state index contributed by atoms with van der Waals surface area (Å²) in [6.45, 7) is -3.22. The molecular formula is C28H26F8N2O4S. The van der Waals surface area contributed by atoms with Crippen molar-refractivity contribution in [2.75, 3.05) is 13.5 Å². The summed E-state index contributed by atoms with van der Waals surface area (Å²) < 4.78 is 159. The molecule has 0 spiro atoms. The first-order chi connectivity index (χ1) is 21.1. The van der Waals surface area contributed by atoms with Crippen molar-refractivity contribution in [2.45, 2.75) is 65.8 Å². The fourth-order valence-corrected chi connectivity index (χ4v) is 9.21. The number of hydrogen-bond acceptors (Lipinski definition) is 4. The molecule has 2 aromatic rings. The standard InChI is InChI=1S/C28H26F8N2O4S/c1-38-14-16(13-23(38)39)24(40)37-22-10-11-25(43(41,42)19-6-4-18(29)5-7-19)20-9-3-17(12-15(20)2-8-21(22)25)26(30,27(31,32)33)28(34,35)36/h3-7,9,12,16,21-22H,2,8,10-11,13-14H2,1H3,(H,37,40)/t16?,21-,22+,25+/m0/s1/i1D3. The van der Waals surface area contributed by atoms with E-state index >= 15 is 0 Å². The Balaban J connectivity index is 1.58. The molecule has 15 heteroatoms.